The molecule has 0 bridgehead atoms. The highest BCUT2D eigenvalue weighted by Gasteiger charge is 2.05. The molecule has 1 aliphatic rings. The number of nitrogens with one attached hydrogen (secondary N) is 1. The maximum atomic E-state index is 12.9. The van der Waals surface area contributed by atoms with Crippen molar-refractivity contribution in [3.05, 3.63) is 77.1 Å². The molecule has 1 N–H and O–H groups in total. The number of benzene rings is 2. The molecule has 3 rings (SSSR count). The van der Waals surface area contributed by atoms with E-state index in [1.165, 1.54) is 28.8 Å². The van der Waals surface area contributed by atoms with Gasteiger partial charge in [-0.05, 0) is 53.8 Å². The van der Waals surface area contributed by atoms with E-state index in [2.05, 4.69) is 35.7 Å². The predicted octanol–water partition coefficient (Wildman–Crippen LogP) is 3.79. The number of halogens is 1. The van der Waals surface area contributed by atoms with E-state index in [9.17, 15) is 4.39 Å². The van der Waals surface area contributed by atoms with Gasteiger partial charge in [0.15, 0.2) is 0 Å². The van der Waals surface area contributed by atoms with E-state index in [0.717, 1.165) is 31.5 Å². The zero-order chi connectivity index (χ0) is 13.8. The van der Waals surface area contributed by atoms with Gasteiger partial charge in [-0.3, -0.25) is 0 Å². The first-order valence-corrected chi connectivity index (χ1v) is 7.05. The van der Waals surface area contributed by atoms with Gasteiger partial charge in [0.2, 0.25) is 0 Å². The Labute approximate surface area is 119 Å². The van der Waals surface area contributed by atoms with Gasteiger partial charge in [0, 0.05) is 6.54 Å². The monoisotopic (exact) mass is 267 g/mol. The van der Waals surface area contributed by atoms with Gasteiger partial charge >= 0.3 is 0 Å². The minimum absolute atomic E-state index is 0.179. The summed E-state index contributed by atoms with van der Waals surface area (Å²) in [6.07, 6.45) is 4.21. The normalized spacial score (nSPS) is 14.9. The lowest BCUT2D eigenvalue weighted by molar-refractivity contribution is 0.627. The third-order valence-electron chi connectivity index (χ3n) is 3.71. The number of hydrogen-bond acceptors (Lipinski definition) is 1. The summed E-state index contributed by atoms with van der Waals surface area (Å²) in [7, 11) is 0. The van der Waals surface area contributed by atoms with Gasteiger partial charge in [-0.15, -0.1) is 0 Å². The molecule has 0 saturated heterocycles. The maximum Gasteiger partial charge on any atom is 0.123 e. The summed E-state index contributed by atoms with van der Waals surface area (Å²) in [4.78, 5) is 0. The van der Waals surface area contributed by atoms with Gasteiger partial charge in [-0.1, -0.05) is 42.5 Å². The second-order valence-corrected chi connectivity index (χ2v) is 5.18. The zero-order valence-electron chi connectivity index (χ0n) is 11.4. The van der Waals surface area contributed by atoms with Crippen molar-refractivity contribution in [3.63, 3.8) is 0 Å². The summed E-state index contributed by atoms with van der Waals surface area (Å²) in [5.41, 5.74) is 5.14. The van der Waals surface area contributed by atoms with Crippen LogP contribution in [0.3, 0.4) is 0 Å². The SMILES string of the molecule is Fc1ccc(Cc2ccc(C3=CCNCC3)cc2)cc1. The Morgan fingerprint density at radius 2 is 1.55 bits per heavy atom. The Kier molecular flexibility index (Phi) is 3.93. The lowest BCUT2D eigenvalue weighted by atomic mass is 9.97. The van der Waals surface area contributed by atoms with Crippen LogP contribution in [0.1, 0.15) is 23.1 Å². The molecule has 0 unspecified atom stereocenters. The highest BCUT2D eigenvalue weighted by Crippen LogP contribution is 2.21. The quantitative estimate of drug-likeness (QED) is 0.892. The van der Waals surface area contributed by atoms with Crippen LogP contribution >= 0.6 is 0 Å². The highest BCUT2D eigenvalue weighted by molar-refractivity contribution is 5.66. The van der Waals surface area contributed by atoms with Crippen molar-refractivity contribution in [1.29, 1.82) is 0 Å². The van der Waals surface area contributed by atoms with Crippen LogP contribution < -0.4 is 5.32 Å². The third kappa shape index (κ3) is 3.14. The van der Waals surface area contributed by atoms with Crippen molar-refractivity contribution < 1.29 is 4.39 Å². The summed E-state index contributed by atoms with van der Waals surface area (Å²) in [6.45, 7) is 2.02. The van der Waals surface area contributed by atoms with E-state index in [4.69, 9.17) is 0 Å². The molecule has 2 aromatic carbocycles. The lowest BCUT2D eigenvalue weighted by Crippen LogP contribution is -2.19. The first-order chi connectivity index (χ1) is 9.81. The van der Waals surface area contributed by atoms with Crippen LogP contribution in [-0.4, -0.2) is 13.1 Å². The van der Waals surface area contributed by atoms with Crippen LogP contribution in [0.2, 0.25) is 0 Å². The van der Waals surface area contributed by atoms with Gasteiger partial charge in [0.25, 0.3) is 0 Å². The molecule has 1 aliphatic heterocycles. The number of rotatable bonds is 3. The Bertz CT molecular complexity index is 596. The minimum Gasteiger partial charge on any atom is -0.313 e. The van der Waals surface area contributed by atoms with Crippen molar-refractivity contribution in [1.82, 2.24) is 5.32 Å². The van der Waals surface area contributed by atoms with Crippen LogP contribution in [0.15, 0.2) is 54.6 Å². The fourth-order valence-electron chi connectivity index (χ4n) is 2.56. The van der Waals surface area contributed by atoms with E-state index in [0.29, 0.717) is 0 Å². The predicted molar refractivity (Wildman–Crippen MR) is 81.1 cm³/mol. The van der Waals surface area contributed by atoms with Crippen molar-refractivity contribution in [3.8, 4) is 0 Å². The summed E-state index contributed by atoms with van der Waals surface area (Å²) < 4.78 is 12.9. The largest absolute Gasteiger partial charge is 0.313 e. The summed E-state index contributed by atoms with van der Waals surface area (Å²) in [5, 5.41) is 3.33. The topological polar surface area (TPSA) is 12.0 Å². The molecule has 0 fully saturated rings. The van der Waals surface area contributed by atoms with Crippen molar-refractivity contribution in [2.45, 2.75) is 12.8 Å². The van der Waals surface area contributed by atoms with Crippen LogP contribution in [-0.2, 0) is 6.42 Å². The van der Waals surface area contributed by atoms with E-state index in [-0.39, 0.29) is 5.82 Å². The molecule has 0 spiro atoms. The van der Waals surface area contributed by atoms with Crippen molar-refractivity contribution in [2.75, 3.05) is 13.1 Å². The van der Waals surface area contributed by atoms with Crippen LogP contribution in [0.5, 0.6) is 0 Å². The molecule has 1 nitrogen and oxygen atoms in total. The molecule has 20 heavy (non-hydrogen) atoms. The first kappa shape index (κ1) is 13.1. The highest BCUT2D eigenvalue weighted by atomic mass is 19.1. The van der Waals surface area contributed by atoms with Crippen molar-refractivity contribution >= 4 is 5.57 Å². The van der Waals surface area contributed by atoms with Gasteiger partial charge in [0.1, 0.15) is 5.82 Å². The Morgan fingerprint density at radius 3 is 2.15 bits per heavy atom. The number of hydrogen-bond donors (Lipinski definition) is 1. The second kappa shape index (κ2) is 6.02. The van der Waals surface area contributed by atoms with Gasteiger partial charge in [-0.2, -0.15) is 0 Å². The van der Waals surface area contributed by atoms with Gasteiger partial charge < -0.3 is 5.32 Å². The molecule has 0 atom stereocenters. The molecule has 0 aliphatic carbocycles. The molecular weight excluding hydrogens is 249 g/mol. The summed E-state index contributed by atoms with van der Waals surface area (Å²) in [6, 6.07) is 15.4. The smallest absolute Gasteiger partial charge is 0.123 e. The van der Waals surface area contributed by atoms with E-state index < -0.39 is 0 Å². The molecule has 102 valence electrons. The fraction of sp³-hybridized carbons (Fsp3) is 0.222. The molecular formula is C18H18FN. The molecule has 0 radical (unpaired) electrons. The summed E-state index contributed by atoms with van der Waals surface area (Å²) in [5.74, 6) is -0.179. The summed E-state index contributed by atoms with van der Waals surface area (Å²) >= 11 is 0. The average Bonchev–Trinajstić information content (AvgIpc) is 2.51. The molecule has 2 aromatic rings. The van der Waals surface area contributed by atoms with Gasteiger partial charge in [0.05, 0.1) is 0 Å². The second-order valence-electron chi connectivity index (χ2n) is 5.18. The first-order valence-electron chi connectivity index (χ1n) is 7.05. The minimum atomic E-state index is -0.179. The molecule has 1 heterocycles. The maximum absolute atomic E-state index is 12.9. The molecule has 2 heteroatoms. The van der Waals surface area contributed by atoms with Crippen molar-refractivity contribution in [2.24, 2.45) is 0 Å². The van der Waals surface area contributed by atoms with E-state index in [1.807, 2.05) is 12.1 Å². The fourth-order valence-corrected chi connectivity index (χ4v) is 2.56. The molecule has 0 aromatic heterocycles. The molecule has 0 amide bonds. The standard InChI is InChI=1S/C18H18FN/c19-18-7-3-15(4-8-18)13-14-1-5-16(6-2-14)17-9-11-20-12-10-17/h1-9,20H,10-13H2. The zero-order valence-corrected chi connectivity index (χ0v) is 11.4. The molecule has 0 saturated carbocycles. The van der Waals surface area contributed by atoms with Gasteiger partial charge in [-0.25, -0.2) is 4.39 Å². The Balaban J connectivity index is 1.72. The van der Waals surface area contributed by atoms with Crippen LogP contribution in [0.4, 0.5) is 4.39 Å². The third-order valence-corrected chi connectivity index (χ3v) is 3.71. The average molecular weight is 267 g/mol. The van der Waals surface area contributed by atoms with Crippen LogP contribution in [0.25, 0.3) is 5.57 Å². The van der Waals surface area contributed by atoms with Crippen LogP contribution in [0, 0.1) is 5.82 Å². The van der Waals surface area contributed by atoms with E-state index in [1.54, 1.807) is 0 Å². The van der Waals surface area contributed by atoms with E-state index >= 15 is 0 Å². The Hall–Kier alpha value is -1.93. The Morgan fingerprint density at radius 1 is 0.900 bits per heavy atom. The lowest BCUT2D eigenvalue weighted by Gasteiger charge is -2.14.